The number of hydrogen-bond acceptors (Lipinski definition) is 3. The van der Waals surface area contributed by atoms with Crippen molar-refractivity contribution in [2.75, 3.05) is 18.4 Å². The van der Waals surface area contributed by atoms with Crippen LogP contribution in [0.1, 0.15) is 48.4 Å². The molecule has 5 heteroatoms. The number of hydrogen-bond donors (Lipinski definition) is 2. The smallest absolute Gasteiger partial charge is 0.239 e. The van der Waals surface area contributed by atoms with E-state index in [1.165, 1.54) is 24.0 Å². The van der Waals surface area contributed by atoms with Gasteiger partial charge in [0.15, 0.2) is 0 Å². The highest BCUT2D eigenvalue weighted by Gasteiger charge is 2.25. The van der Waals surface area contributed by atoms with E-state index in [1.807, 2.05) is 17.8 Å². The maximum Gasteiger partial charge on any atom is 0.239 e. The van der Waals surface area contributed by atoms with Crippen molar-refractivity contribution >= 4 is 11.7 Å². The third-order valence-electron chi connectivity index (χ3n) is 5.28. The fourth-order valence-electron chi connectivity index (χ4n) is 3.71. The predicted molar refractivity (Wildman–Crippen MR) is 98.7 cm³/mol. The van der Waals surface area contributed by atoms with Crippen LogP contribution in [0.15, 0.2) is 30.5 Å². The Morgan fingerprint density at radius 3 is 2.96 bits per heavy atom. The van der Waals surface area contributed by atoms with Crippen molar-refractivity contribution in [3.05, 3.63) is 47.2 Å². The number of nitrogens with zero attached hydrogens (tertiary/aromatic N) is 2. The minimum absolute atomic E-state index is 0.00888. The van der Waals surface area contributed by atoms with E-state index in [9.17, 15) is 4.79 Å². The molecule has 0 bridgehead atoms. The zero-order valence-corrected chi connectivity index (χ0v) is 14.8. The highest BCUT2D eigenvalue weighted by molar-refractivity contribution is 5.92. The summed E-state index contributed by atoms with van der Waals surface area (Å²) in [5, 5.41) is 10.9. The molecule has 25 heavy (non-hydrogen) atoms. The molecule has 0 spiro atoms. The Balaban J connectivity index is 1.50. The first kappa shape index (κ1) is 16.3. The number of amides is 1. The molecule has 1 saturated carbocycles. The highest BCUT2D eigenvalue weighted by Crippen LogP contribution is 2.35. The molecule has 0 aliphatic heterocycles. The van der Waals surface area contributed by atoms with Gasteiger partial charge in [-0.1, -0.05) is 24.3 Å². The van der Waals surface area contributed by atoms with Crippen LogP contribution >= 0.6 is 0 Å². The summed E-state index contributed by atoms with van der Waals surface area (Å²) in [5.74, 6) is 1.62. The van der Waals surface area contributed by atoms with Gasteiger partial charge in [0.05, 0.1) is 18.8 Å². The predicted octanol–water partition coefficient (Wildman–Crippen LogP) is 3.06. The van der Waals surface area contributed by atoms with Gasteiger partial charge in [0.2, 0.25) is 5.91 Å². The minimum atomic E-state index is 0.00888. The lowest BCUT2D eigenvalue weighted by molar-refractivity contribution is -0.115. The molecule has 1 aromatic heterocycles. The van der Waals surface area contributed by atoms with E-state index in [-0.39, 0.29) is 11.9 Å². The average molecular weight is 338 g/mol. The summed E-state index contributed by atoms with van der Waals surface area (Å²) in [6, 6.07) is 8.79. The number of aromatic nitrogens is 2. The van der Waals surface area contributed by atoms with Crippen LogP contribution in [0.3, 0.4) is 0 Å². The fraction of sp³-hybridized carbons (Fsp3) is 0.500. The van der Waals surface area contributed by atoms with E-state index in [0.717, 1.165) is 43.1 Å². The molecule has 0 radical (unpaired) electrons. The maximum atomic E-state index is 12.3. The van der Waals surface area contributed by atoms with E-state index < -0.39 is 0 Å². The zero-order chi connectivity index (χ0) is 17.2. The molecule has 0 saturated heterocycles. The van der Waals surface area contributed by atoms with E-state index >= 15 is 0 Å². The van der Waals surface area contributed by atoms with Gasteiger partial charge in [-0.25, -0.2) is 4.68 Å². The standard InChI is InChI=1S/C20H26N4O/c1-14-11-22-24(18-8-4-6-16-5-2-3-7-17(16)18)20(14)23-19(25)13-21-12-15-9-10-15/h2-3,5,7,11,15,18,21H,4,6,8-10,12-13H2,1H3,(H,23,25)/t18-/m1/s1. The van der Waals surface area contributed by atoms with Crippen LogP contribution < -0.4 is 10.6 Å². The molecular formula is C20H26N4O. The van der Waals surface area contributed by atoms with Crippen LogP contribution in [0.25, 0.3) is 0 Å². The van der Waals surface area contributed by atoms with Gasteiger partial charge >= 0.3 is 0 Å². The maximum absolute atomic E-state index is 12.3. The molecule has 1 atom stereocenters. The molecule has 1 aromatic carbocycles. The number of nitrogens with one attached hydrogen (secondary N) is 2. The van der Waals surface area contributed by atoms with Crippen molar-refractivity contribution < 1.29 is 4.79 Å². The monoisotopic (exact) mass is 338 g/mol. The second-order valence-electron chi connectivity index (χ2n) is 7.35. The Morgan fingerprint density at radius 1 is 1.28 bits per heavy atom. The van der Waals surface area contributed by atoms with Gasteiger partial charge in [-0.2, -0.15) is 5.10 Å². The largest absolute Gasteiger partial charge is 0.310 e. The molecular weight excluding hydrogens is 312 g/mol. The molecule has 0 unspecified atom stereocenters. The number of fused-ring (bicyclic) bond motifs is 1. The Bertz CT molecular complexity index is 763. The topological polar surface area (TPSA) is 59.0 Å². The number of benzene rings is 1. The quantitative estimate of drug-likeness (QED) is 0.851. The van der Waals surface area contributed by atoms with Gasteiger partial charge in [-0.15, -0.1) is 0 Å². The molecule has 4 rings (SSSR count). The molecule has 2 N–H and O–H groups in total. The SMILES string of the molecule is Cc1cnn([C@@H]2CCCc3ccccc32)c1NC(=O)CNCC1CC1. The Hall–Kier alpha value is -2.14. The summed E-state index contributed by atoms with van der Waals surface area (Å²) in [6.07, 6.45) is 7.77. The Morgan fingerprint density at radius 2 is 2.12 bits per heavy atom. The van der Waals surface area contributed by atoms with Crippen LogP contribution in [-0.2, 0) is 11.2 Å². The summed E-state index contributed by atoms with van der Waals surface area (Å²) >= 11 is 0. The van der Waals surface area contributed by atoms with Gasteiger partial charge in [0.1, 0.15) is 5.82 Å². The zero-order valence-electron chi connectivity index (χ0n) is 14.8. The van der Waals surface area contributed by atoms with Crippen molar-refractivity contribution in [2.24, 2.45) is 5.92 Å². The number of carbonyl (C=O) groups excluding carboxylic acids is 1. The van der Waals surface area contributed by atoms with Gasteiger partial charge in [0, 0.05) is 5.56 Å². The van der Waals surface area contributed by atoms with Crippen molar-refractivity contribution in [3.63, 3.8) is 0 Å². The first-order chi connectivity index (χ1) is 12.2. The van der Waals surface area contributed by atoms with Gasteiger partial charge < -0.3 is 10.6 Å². The van der Waals surface area contributed by atoms with Crippen LogP contribution in [0.4, 0.5) is 5.82 Å². The van der Waals surface area contributed by atoms with Crippen LogP contribution in [0.5, 0.6) is 0 Å². The Kier molecular flexibility index (Phi) is 4.57. The molecule has 2 aliphatic carbocycles. The first-order valence-electron chi connectivity index (χ1n) is 9.35. The molecule has 1 amide bonds. The highest BCUT2D eigenvalue weighted by atomic mass is 16.2. The summed E-state index contributed by atoms with van der Waals surface area (Å²) in [4.78, 5) is 12.3. The van der Waals surface area contributed by atoms with Crippen molar-refractivity contribution in [3.8, 4) is 0 Å². The number of carbonyl (C=O) groups is 1. The summed E-state index contributed by atoms with van der Waals surface area (Å²) in [5.41, 5.74) is 3.74. The van der Waals surface area contributed by atoms with Gasteiger partial charge in [0.25, 0.3) is 0 Å². The van der Waals surface area contributed by atoms with Gasteiger partial charge in [-0.05, 0) is 62.6 Å². The average Bonchev–Trinajstić information content (AvgIpc) is 3.38. The lowest BCUT2D eigenvalue weighted by Gasteiger charge is -2.27. The third kappa shape index (κ3) is 3.61. The summed E-state index contributed by atoms with van der Waals surface area (Å²) in [7, 11) is 0. The molecule has 1 heterocycles. The minimum Gasteiger partial charge on any atom is -0.310 e. The van der Waals surface area contributed by atoms with Crippen LogP contribution in [-0.4, -0.2) is 28.8 Å². The molecule has 5 nitrogen and oxygen atoms in total. The normalized spacial score (nSPS) is 19.5. The second-order valence-corrected chi connectivity index (χ2v) is 7.35. The molecule has 132 valence electrons. The van der Waals surface area contributed by atoms with Crippen molar-refractivity contribution in [1.82, 2.24) is 15.1 Å². The lowest BCUT2D eigenvalue weighted by Crippen LogP contribution is -2.31. The summed E-state index contributed by atoms with van der Waals surface area (Å²) in [6.45, 7) is 3.31. The number of rotatable bonds is 6. The van der Waals surface area contributed by atoms with Crippen molar-refractivity contribution in [1.29, 1.82) is 0 Å². The van der Waals surface area contributed by atoms with Gasteiger partial charge in [-0.3, -0.25) is 4.79 Å². The van der Waals surface area contributed by atoms with E-state index in [0.29, 0.717) is 6.54 Å². The number of anilines is 1. The molecule has 2 aliphatic rings. The summed E-state index contributed by atoms with van der Waals surface area (Å²) < 4.78 is 2.01. The Labute approximate surface area is 148 Å². The van der Waals surface area contributed by atoms with E-state index in [1.54, 1.807) is 0 Å². The van der Waals surface area contributed by atoms with Crippen molar-refractivity contribution in [2.45, 2.75) is 45.1 Å². The lowest BCUT2D eigenvalue weighted by atomic mass is 9.88. The first-order valence-corrected chi connectivity index (χ1v) is 9.35. The van der Waals surface area contributed by atoms with E-state index in [4.69, 9.17) is 0 Å². The third-order valence-corrected chi connectivity index (χ3v) is 5.28. The fourth-order valence-corrected chi connectivity index (χ4v) is 3.71. The molecule has 1 fully saturated rings. The number of aryl methyl sites for hydroxylation is 2. The van der Waals surface area contributed by atoms with Crippen LogP contribution in [0.2, 0.25) is 0 Å². The second kappa shape index (κ2) is 7.00. The molecule has 2 aromatic rings. The van der Waals surface area contributed by atoms with Crippen LogP contribution in [0, 0.1) is 12.8 Å². The van der Waals surface area contributed by atoms with E-state index in [2.05, 4.69) is 40.0 Å².